The maximum atomic E-state index is 12.2. The summed E-state index contributed by atoms with van der Waals surface area (Å²) in [7, 11) is 0. The zero-order valence-corrected chi connectivity index (χ0v) is 12.5. The lowest BCUT2D eigenvalue weighted by molar-refractivity contribution is 0.104. The van der Waals surface area contributed by atoms with Crippen molar-refractivity contribution in [2.75, 3.05) is 0 Å². The minimum atomic E-state index is 0.0450. The summed E-state index contributed by atoms with van der Waals surface area (Å²) in [6, 6.07) is 7.22. The molecule has 1 heterocycles. The molecule has 0 bridgehead atoms. The Kier molecular flexibility index (Phi) is 3.71. The molecule has 4 heteroatoms. The van der Waals surface area contributed by atoms with E-state index >= 15 is 0 Å². The van der Waals surface area contributed by atoms with Crippen LogP contribution < -0.4 is 0 Å². The largest absolute Gasteiger partial charge is 0.288 e. The molecule has 0 saturated carbocycles. The summed E-state index contributed by atoms with van der Waals surface area (Å²) in [5, 5.41) is 0.685. The summed E-state index contributed by atoms with van der Waals surface area (Å²) < 4.78 is 0.983. The third-order valence-corrected chi connectivity index (χ3v) is 5.06. The molecule has 0 amide bonds. The van der Waals surface area contributed by atoms with Crippen LogP contribution in [0.25, 0.3) is 0 Å². The normalized spacial score (nSPS) is 10.6. The highest BCUT2D eigenvalue weighted by Gasteiger charge is 2.14. The number of benzene rings is 1. The van der Waals surface area contributed by atoms with Crippen molar-refractivity contribution in [2.24, 2.45) is 0 Å². The summed E-state index contributed by atoms with van der Waals surface area (Å²) in [4.78, 5) is 14.1. The number of carbonyl (C=O) groups excluding carboxylic acids is 1. The van der Waals surface area contributed by atoms with Crippen molar-refractivity contribution >= 4 is 44.7 Å². The van der Waals surface area contributed by atoms with E-state index in [2.05, 4.69) is 15.9 Å². The Balaban J connectivity index is 2.40. The van der Waals surface area contributed by atoms with Crippen molar-refractivity contribution in [3.05, 3.63) is 54.6 Å². The van der Waals surface area contributed by atoms with Gasteiger partial charge in [0.1, 0.15) is 0 Å². The van der Waals surface area contributed by atoms with Crippen LogP contribution in [0.2, 0.25) is 5.02 Å². The Labute approximate surface area is 118 Å². The van der Waals surface area contributed by atoms with E-state index < -0.39 is 0 Å². The first-order chi connectivity index (χ1) is 7.99. The van der Waals surface area contributed by atoms with Crippen LogP contribution in [-0.2, 0) is 0 Å². The molecule has 0 saturated heterocycles. The number of carbonyl (C=O) groups is 1. The lowest BCUT2D eigenvalue weighted by atomic mass is 10.1. The molecule has 17 heavy (non-hydrogen) atoms. The van der Waals surface area contributed by atoms with Crippen molar-refractivity contribution in [3.8, 4) is 0 Å². The smallest absolute Gasteiger partial charge is 0.203 e. The first-order valence-electron chi connectivity index (χ1n) is 5.06. The highest BCUT2D eigenvalue weighted by Crippen LogP contribution is 2.28. The molecule has 2 aromatic rings. The van der Waals surface area contributed by atoms with Crippen LogP contribution in [-0.4, -0.2) is 5.78 Å². The molecule has 1 aromatic carbocycles. The van der Waals surface area contributed by atoms with Crippen molar-refractivity contribution in [1.82, 2.24) is 0 Å². The van der Waals surface area contributed by atoms with Gasteiger partial charge in [0.15, 0.2) is 0 Å². The first-order valence-corrected chi connectivity index (χ1v) is 7.04. The van der Waals surface area contributed by atoms with Crippen LogP contribution in [0.4, 0.5) is 0 Å². The number of hydrogen-bond donors (Lipinski definition) is 0. The number of ketones is 1. The highest BCUT2D eigenvalue weighted by atomic mass is 79.9. The van der Waals surface area contributed by atoms with Gasteiger partial charge in [0.25, 0.3) is 0 Å². The van der Waals surface area contributed by atoms with Gasteiger partial charge in [-0.3, -0.25) is 4.79 Å². The van der Waals surface area contributed by atoms with E-state index in [9.17, 15) is 4.79 Å². The highest BCUT2D eigenvalue weighted by molar-refractivity contribution is 9.10. The van der Waals surface area contributed by atoms with Crippen molar-refractivity contribution in [3.63, 3.8) is 0 Å². The maximum Gasteiger partial charge on any atom is 0.203 e. The molecule has 0 unspecified atom stereocenters. The summed E-state index contributed by atoms with van der Waals surface area (Å²) in [6.45, 7) is 3.88. The monoisotopic (exact) mass is 328 g/mol. The zero-order chi connectivity index (χ0) is 12.6. The number of rotatable bonds is 2. The molecule has 2 rings (SSSR count). The minimum absolute atomic E-state index is 0.0450. The van der Waals surface area contributed by atoms with Gasteiger partial charge in [0.05, 0.1) is 4.88 Å². The molecule has 0 fully saturated rings. The lowest BCUT2D eigenvalue weighted by Gasteiger charge is -2.01. The fourth-order valence-electron chi connectivity index (χ4n) is 1.50. The molecule has 0 spiro atoms. The van der Waals surface area contributed by atoms with Gasteiger partial charge in [-0.15, -0.1) is 11.3 Å². The summed E-state index contributed by atoms with van der Waals surface area (Å²) in [5.41, 5.74) is 1.60. The molecular weight excluding hydrogens is 320 g/mol. The van der Waals surface area contributed by atoms with E-state index in [1.54, 1.807) is 12.1 Å². The predicted molar refractivity (Wildman–Crippen MR) is 76.4 cm³/mol. The Morgan fingerprint density at radius 1 is 1.29 bits per heavy atom. The Morgan fingerprint density at radius 2 is 2.00 bits per heavy atom. The standard InChI is InChI=1S/C13H10BrClOS/c1-7-5-9(3-4-11(7)15)13(16)12-6-10(14)8(2)17-12/h3-6H,1-2H3. The summed E-state index contributed by atoms with van der Waals surface area (Å²) >= 11 is 10.9. The molecule has 0 aliphatic carbocycles. The number of thiophene rings is 1. The fraction of sp³-hybridized carbons (Fsp3) is 0.154. The topological polar surface area (TPSA) is 17.1 Å². The van der Waals surface area contributed by atoms with Gasteiger partial charge in [-0.2, -0.15) is 0 Å². The Morgan fingerprint density at radius 3 is 2.53 bits per heavy atom. The summed E-state index contributed by atoms with van der Waals surface area (Å²) in [5.74, 6) is 0.0450. The van der Waals surface area contributed by atoms with E-state index in [-0.39, 0.29) is 5.78 Å². The van der Waals surface area contributed by atoms with Crippen LogP contribution in [0.15, 0.2) is 28.7 Å². The predicted octanol–water partition coefficient (Wildman–Crippen LogP) is 5.01. The molecule has 88 valence electrons. The molecule has 1 aromatic heterocycles. The van der Waals surface area contributed by atoms with E-state index in [1.807, 2.05) is 26.0 Å². The van der Waals surface area contributed by atoms with Crippen LogP contribution in [0.3, 0.4) is 0 Å². The van der Waals surface area contributed by atoms with Gasteiger partial charge in [0.2, 0.25) is 5.78 Å². The third-order valence-electron chi connectivity index (χ3n) is 2.50. The van der Waals surface area contributed by atoms with Crippen LogP contribution >= 0.6 is 38.9 Å². The second-order valence-electron chi connectivity index (χ2n) is 3.81. The lowest BCUT2D eigenvalue weighted by Crippen LogP contribution is -1.98. The Hall–Kier alpha value is -0.640. The van der Waals surface area contributed by atoms with Gasteiger partial charge < -0.3 is 0 Å². The van der Waals surface area contributed by atoms with Gasteiger partial charge >= 0.3 is 0 Å². The first kappa shape index (κ1) is 12.8. The average molecular weight is 330 g/mol. The van der Waals surface area contributed by atoms with Crippen LogP contribution in [0, 0.1) is 13.8 Å². The van der Waals surface area contributed by atoms with Crippen LogP contribution in [0.1, 0.15) is 25.7 Å². The van der Waals surface area contributed by atoms with Crippen molar-refractivity contribution in [2.45, 2.75) is 13.8 Å². The SMILES string of the molecule is Cc1cc(C(=O)c2cc(Br)c(C)s2)ccc1Cl. The Bertz CT molecular complexity index is 570. The number of hydrogen-bond acceptors (Lipinski definition) is 2. The zero-order valence-electron chi connectivity index (χ0n) is 9.38. The van der Waals surface area contributed by atoms with Gasteiger partial charge in [0, 0.05) is 19.9 Å². The van der Waals surface area contributed by atoms with Crippen molar-refractivity contribution < 1.29 is 4.79 Å². The third kappa shape index (κ3) is 2.62. The molecule has 0 aliphatic heterocycles. The second kappa shape index (κ2) is 4.92. The van der Waals surface area contributed by atoms with Gasteiger partial charge in [-0.1, -0.05) is 11.6 Å². The van der Waals surface area contributed by atoms with Crippen LogP contribution in [0.5, 0.6) is 0 Å². The van der Waals surface area contributed by atoms with Crippen molar-refractivity contribution in [1.29, 1.82) is 0 Å². The van der Waals surface area contributed by atoms with Gasteiger partial charge in [-0.05, 0) is 59.6 Å². The molecule has 1 nitrogen and oxygen atoms in total. The van der Waals surface area contributed by atoms with E-state index in [0.29, 0.717) is 10.6 Å². The molecule has 0 aliphatic rings. The van der Waals surface area contributed by atoms with E-state index in [0.717, 1.165) is 19.8 Å². The molecular formula is C13H10BrClOS. The van der Waals surface area contributed by atoms with E-state index in [1.165, 1.54) is 11.3 Å². The quantitative estimate of drug-likeness (QED) is 0.708. The maximum absolute atomic E-state index is 12.2. The second-order valence-corrected chi connectivity index (χ2v) is 6.33. The fourth-order valence-corrected chi connectivity index (χ4v) is 3.11. The minimum Gasteiger partial charge on any atom is -0.288 e. The molecule has 0 N–H and O–H groups in total. The van der Waals surface area contributed by atoms with E-state index in [4.69, 9.17) is 11.6 Å². The molecule has 0 radical (unpaired) electrons. The average Bonchev–Trinajstić information content (AvgIpc) is 2.62. The molecule has 0 atom stereocenters. The van der Waals surface area contributed by atoms with Gasteiger partial charge in [-0.25, -0.2) is 0 Å². The summed E-state index contributed by atoms with van der Waals surface area (Å²) in [6.07, 6.45) is 0. The number of aryl methyl sites for hydroxylation is 2. The number of halogens is 2.